The molecule has 0 aliphatic carbocycles. The zero-order valence-corrected chi connectivity index (χ0v) is 15.4. The molecule has 2 N–H and O–H groups in total. The SMILES string of the molecule is C.O=S1(=O)Nc2cccc3nc(-c4ccncc4)nc(c23)NCc2ccccc21. The summed E-state index contributed by atoms with van der Waals surface area (Å²) in [5.74, 6) is 1.12. The zero-order valence-electron chi connectivity index (χ0n) is 14.6. The molecule has 29 heavy (non-hydrogen) atoms. The van der Waals surface area contributed by atoms with Crippen LogP contribution in [0.1, 0.15) is 13.0 Å². The molecule has 0 bridgehead atoms. The first kappa shape index (κ1) is 18.8. The van der Waals surface area contributed by atoms with E-state index < -0.39 is 10.0 Å². The van der Waals surface area contributed by atoms with Crippen LogP contribution >= 0.6 is 0 Å². The van der Waals surface area contributed by atoms with Crippen LogP contribution in [-0.2, 0) is 16.6 Å². The van der Waals surface area contributed by atoms with Crippen molar-refractivity contribution in [2.24, 2.45) is 0 Å². The number of sulfonamides is 1. The molecule has 0 spiro atoms. The number of anilines is 2. The zero-order chi connectivity index (χ0) is 19.1. The first-order chi connectivity index (χ1) is 13.6. The number of nitrogens with zero attached hydrogens (tertiary/aromatic N) is 3. The molecular formula is C21H19N5O2S. The highest BCUT2D eigenvalue weighted by Gasteiger charge is 2.23. The van der Waals surface area contributed by atoms with Gasteiger partial charge in [0.1, 0.15) is 5.82 Å². The first-order valence-electron chi connectivity index (χ1n) is 8.67. The molecule has 0 amide bonds. The van der Waals surface area contributed by atoms with Crippen LogP contribution in [-0.4, -0.2) is 23.4 Å². The summed E-state index contributed by atoms with van der Waals surface area (Å²) in [6.45, 7) is 0.327. The van der Waals surface area contributed by atoms with Gasteiger partial charge in [-0.3, -0.25) is 9.71 Å². The molecule has 0 fully saturated rings. The van der Waals surface area contributed by atoms with Crippen molar-refractivity contribution in [2.75, 3.05) is 10.0 Å². The molecule has 0 radical (unpaired) electrons. The molecule has 5 rings (SSSR count). The number of aromatic nitrogens is 3. The van der Waals surface area contributed by atoms with Crippen LogP contribution < -0.4 is 10.0 Å². The number of hydrogen-bond acceptors (Lipinski definition) is 6. The number of rotatable bonds is 1. The molecule has 146 valence electrons. The van der Waals surface area contributed by atoms with E-state index in [1.807, 2.05) is 24.3 Å². The Balaban J connectivity index is 0.00000205. The van der Waals surface area contributed by atoms with Crippen LogP contribution in [0.5, 0.6) is 0 Å². The van der Waals surface area contributed by atoms with Crippen molar-refractivity contribution >= 4 is 32.4 Å². The molecule has 2 aromatic heterocycles. The van der Waals surface area contributed by atoms with Crippen LogP contribution in [0.4, 0.5) is 11.5 Å². The van der Waals surface area contributed by atoms with Crippen LogP contribution in [0.2, 0.25) is 0 Å². The number of fused-ring (bicyclic) bond motifs is 1. The van der Waals surface area contributed by atoms with Gasteiger partial charge in [-0.1, -0.05) is 31.7 Å². The third kappa shape index (κ3) is 3.27. The topological polar surface area (TPSA) is 96.9 Å². The quantitative estimate of drug-likeness (QED) is 0.496. The molecule has 0 unspecified atom stereocenters. The van der Waals surface area contributed by atoms with E-state index in [-0.39, 0.29) is 12.3 Å². The van der Waals surface area contributed by atoms with Crippen molar-refractivity contribution in [3.63, 3.8) is 0 Å². The van der Waals surface area contributed by atoms with Gasteiger partial charge in [0.15, 0.2) is 5.82 Å². The molecule has 2 aromatic carbocycles. The van der Waals surface area contributed by atoms with Crippen molar-refractivity contribution in [3.05, 3.63) is 72.6 Å². The summed E-state index contributed by atoms with van der Waals surface area (Å²) >= 11 is 0. The van der Waals surface area contributed by atoms with E-state index in [9.17, 15) is 8.42 Å². The molecular weight excluding hydrogens is 386 g/mol. The molecule has 0 saturated carbocycles. The van der Waals surface area contributed by atoms with Gasteiger partial charge in [0.2, 0.25) is 0 Å². The largest absolute Gasteiger partial charge is 0.365 e. The van der Waals surface area contributed by atoms with Gasteiger partial charge in [-0.15, -0.1) is 0 Å². The van der Waals surface area contributed by atoms with Crippen molar-refractivity contribution in [3.8, 4) is 11.4 Å². The van der Waals surface area contributed by atoms with Gasteiger partial charge in [-0.2, -0.15) is 0 Å². The van der Waals surface area contributed by atoms with Crippen LogP contribution in [0, 0.1) is 0 Å². The molecule has 7 nitrogen and oxygen atoms in total. The lowest BCUT2D eigenvalue weighted by Gasteiger charge is -2.13. The normalized spacial score (nSPS) is 14.2. The van der Waals surface area contributed by atoms with E-state index in [0.29, 0.717) is 40.3 Å². The minimum absolute atomic E-state index is 0. The van der Waals surface area contributed by atoms with Crippen molar-refractivity contribution in [1.29, 1.82) is 0 Å². The van der Waals surface area contributed by atoms with Gasteiger partial charge >= 0.3 is 0 Å². The smallest absolute Gasteiger partial charge is 0.262 e. The molecule has 0 saturated heterocycles. The summed E-state index contributed by atoms with van der Waals surface area (Å²) < 4.78 is 28.6. The first-order valence-corrected chi connectivity index (χ1v) is 10.2. The summed E-state index contributed by atoms with van der Waals surface area (Å²) in [7, 11) is -3.73. The lowest BCUT2D eigenvalue weighted by atomic mass is 10.1. The third-order valence-electron chi connectivity index (χ3n) is 4.61. The molecule has 8 heteroatoms. The summed E-state index contributed by atoms with van der Waals surface area (Å²) in [6, 6.07) is 15.9. The van der Waals surface area contributed by atoms with Gasteiger partial charge in [-0.05, 0) is 35.9 Å². The fourth-order valence-corrected chi connectivity index (χ4v) is 4.63. The number of benzene rings is 2. The summed E-state index contributed by atoms with van der Waals surface area (Å²) in [5.41, 5.74) is 2.59. The van der Waals surface area contributed by atoms with E-state index in [4.69, 9.17) is 0 Å². The lowest BCUT2D eigenvalue weighted by molar-refractivity contribution is 0.600. The number of pyridine rings is 1. The van der Waals surface area contributed by atoms with Crippen molar-refractivity contribution < 1.29 is 8.42 Å². The summed E-state index contributed by atoms with van der Waals surface area (Å²) in [4.78, 5) is 13.6. The molecule has 1 aliphatic rings. The highest BCUT2D eigenvalue weighted by molar-refractivity contribution is 7.92. The second kappa shape index (κ2) is 7.14. The minimum atomic E-state index is -3.73. The second-order valence-electron chi connectivity index (χ2n) is 6.40. The highest BCUT2D eigenvalue weighted by Crippen LogP contribution is 2.34. The molecule has 3 heterocycles. The van der Waals surface area contributed by atoms with Gasteiger partial charge in [0, 0.05) is 24.5 Å². The lowest BCUT2D eigenvalue weighted by Crippen LogP contribution is -2.15. The van der Waals surface area contributed by atoms with E-state index in [0.717, 1.165) is 5.56 Å². The third-order valence-corrected chi connectivity index (χ3v) is 6.08. The van der Waals surface area contributed by atoms with Gasteiger partial charge < -0.3 is 5.32 Å². The second-order valence-corrected chi connectivity index (χ2v) is 8.05. The molecule has 1 aliphatic heterocycles. The molecule has 4 aromatic rings. The van der Waals surface area contributed by atoms with Crippen LogP contribution in [0.15, 0.2) is 71.9 Å². The van der Waals surface area contributed by atoms with Crippen LogP contribution in [0.25, 0.3) is 22.3 Å². The van der Waals surface area contributed by atoms with Gasteiger partial charge in [0.05, 0.1) is 21.5 Å². The van der Waals surface area contributed by atoms with E-state index in [2.05, 4.69) is 25.0 Å². The maximum absolute atomic E-state index is 12.9. The van der Waals surface area contributed by atoms with Crippen molar-refractivity contribution in [1.82, 2.24) is 15.0 Å². The van der Waals surface area contributed by atoms with Gasteiger partial charge in [0.25, 0.3) is 10.0 Å². The predicted octanol–water partition coefficient (Wildman–Crippen LogP) is 4.05. The number of nitrogens with one attached hydrogen (secondary N) is 2. The monoisotopic (exact) mass is 405 g/mol. The van der Waals surface area contributed by atoms with E-state index in [1.54, 1.807) is 42.7 Å². The Morgan fingerprint density at radius 1 is 0.897 bits per heavy atom. The van der Waals surface area contributed by atoms with E-state index >= 15 is 0 Å². The Bertz CT molecular complexity index is 1310. The summed E-state index contributed by atoms with van der Waals surface area (Å²) in [6.07, 6.45) is 3.37. The average molecular weight is 405 g/mol. The number of hydrogen-bond donors (Lipinski definition) is 2. The predicted molar refractivity (Wildman–Crippen MR) is 114 cm³/mol. The Labute approximate surface area is 168 Å². The summed E-state index contributed by atoms with van der Waals surface area (Å²) in [5, 5.41) is 3.94. The average Bonchev–Trinajstić information content (AvgIpc) is 2.76. The van der Waals surface area contributed by atoms with Gasteiger partial charge in [-0.25, -0.2) is 18.4 Å². The Kier molecular flexibility index (Phi) is 4.63. The van der Waals surface area contributed by atoms with E-state index in [1.165, 1.54) is 0 Å². The molecule has 0 atom stereocenters. The standard InChI is InChI=1S/C20H15N5O2S.CH4/c26-28(27)17-7-2-1-4-14(17)12-22-20-18-15(5-3-6-16(18)25-28)23-19(24-20)13-8-10-21-11-9-13;/h1-11,25H,12H2,(H,22,23,24);1H4. The fraction of sp³-hybridized carbons (Fsp3) is 0.0952. The maximum Gasteiger partial charge on any atom is 0.262 e. The Morgan fingerprint density at radius 2 is 1.69 bits per heavy atom. The Hall–Kier alpha value is -3.52. The highest BCUT2D eigenvalue weighted by atomic mass is 32.2. The fourth-order valence-electron chi connectivity index (χ4n) is 3.32. The Morgan fingerprint density at radius 3 is 2.52 bits per heavy atom. The minimum Gasteiger partial charge on any atom is -0.365 e. The van der Waals surface area contributed by atoms with Crippen molar-refractivity contribution in [2.45, 2.75) is 18.9 Å². The van der Waals surface area contributed by atoms with Crippen LogP contribution in [0.3, 0.4) is 0 Å². The maximum atomic E-state index is 12.9.